The van der Waals surface area contributed by atoms with Crippen molar-refractivity contribution in [1.29, 1.82) is 0 Å². The van der Waals surface area contributed by atoms with Gasteiger partial charge in [0.15, 0.2) is 0 Å². The number of carbonyl (C=O) groups excluding carboxylic acids is 2. The molecule has 2 rings (SSSR count). The van der Waals surface area contributed by atoms with Crippen molar-refractivity contribution in [3.05, 3.63) is 64.2 Å². The molecular formula is C25H34ClN3O4S. The lowest BCUT2D eigenvalue weighted by Gasteiger charge is -2.33. The zero-order chi connectivity index (χ0) is 25.8. The molecule has 7 nitrogen and oxygen atoms in total. The highest BCUT2D eigenvalue weighted by molar-refractivity contribution is 7.92. The molecule has 0 aliphatic rings. The Morgan fingerprint density at radius 1 is 1.06 bits per heavy atom. The molecule has 0 saturated heterocycles. The SMILES string of the molecule is Cc1cc(C)cc(N(CC(=O)N(Cc2cccc(Cl)c2)C(C)C(=O)NC(C)(C)C)S(C)(=O)=O)c1. The second-order valence-electron chi connectivity index (χ2n) is 9.68. The third-order valence-electron chi connectivity index (χ3n) is 5.08. The van der Waals surface area contributed by atoms with E-state index < -0.39 is 34.1 Å². The van der Waals surface area contributed by atoms with Gasteiger partial charge in [-0.3, -0.25) is 13.9 Å². The lowest BCUT2D eigenvalue weighted by atomic mass is 10.1. The second-order valence-corrected chi connectivity index (χ2v) is 12.0. The van der Waals surface area contributed by atoms with Crippen molar-refractivity contribution in [3.8, 4) is 0 Å². The van der Waals surface area contributed by atoms with Gasteiger partial charge in [0.2, 0.25) is 21.8 Å². The molecular weight excluding hydrogens is 474 g/mol. The summed E-state index contributed by atoms with van der Waals surface area (Å²) < 4.78 is 26.4. The molecule has 0 bridgehead atoms. The van der Waals surface area contributed by atoms with Crippen LogP contribution in [0.4, 0.5) is 5.69 Å². The molecule has 186 valence electrons. The number of amides is 2. The van der Waals surface area contributed by atoms with Gasteiger partial charge in [-0.05, 0) is 82.5 Å². The minimum atomic E-state index is -3.77. The fourth-order valence-electron chi connectivity index (χ4n) is 3.60. The Labute approximate surface area is 208 Å². The lowest BCUT2D eigenvalue weighted by Crippen LogP contribution is -2.54. The summed E-state index contributed by atoms with van der Waals surface area (Å²) in [6.07, 6.45) is 1.06. The number of nitrogens with one attached hydrogen (secondary N) is 1. The van der Waals surface area contributed by atoms with Crippen LogP contribution in [0, 0.1) is 13.8 Å². The van der Waals surface area contributed by atoms with Crippen molar-refractivity contribution in [2.24, 2.45) is 0 Å². The molecule has 0 saturated carbocycles. The average molecular weight is 508 g/mol. The quantitative estimate of drug-likeness (QED) is 0.583. The molecule has 0 heterocycles. The summed E-state index contributed by atoms with van der Waals surface area (Å²) in [6.45, 7) is 10.6. The Bertz CT molecular complexity index is 1140. The monoisotopic (exact) mass is 507 g/mol. The largest absolute Gasteiger partial charge is 0.350 e. The van der Waals surface area contributed by atoms with E-state index in [0.717, 1.165) is 27.3 Å². The minimum Gasteiger partial charge on any atom is -0.350 e. The number of rotatable bonds is 8. The Hall–Kier alpha value is -2.58. The number of carbonyl (C=O) groups is 2. The van der Waals surface area contributed by atoms with Gasteiger partial charge in [-0.1, -0.05) is 29.8 Å². The minimum absolute atomic E-state index is 0.0998. The zero-order valence-corrected chi connectivity index (χ0v) is 22.4. The number of aryl methyl sites for hydroxylation is 2. The predicted octanol–water partition coefficient (Wildman–Crippen LogP) is 4.05. The van der Waals surface area contributed by atoms with Crippen LogP contribution in [0.2, 0.25) is 5.02 Å². The molecule has 2 amide bonds. The third-order valence-corrected chi connectivity index (χ3v) is 6.46. The Morgan fingerprint density at radius 3 is 2.15 bits per heavy atom. The van der Waals surface area contributed by atoms with Crippen molar-refractivity contribution in [1.82, 2.24) is 10.2 Å². The number of anilines is 1. The summed E-state index contributed by atoms with van der Waals surface area (Å²) in [6, 6.07) is 11.5. The fraction of sp³-hybridized carbons (Fsp3) is 0.440. The van der Waals surface area contributed by atoms with Crippen LogP contribution in [0.3, 0.4) is 0 Å². The average Bonchev–Trinajstić information content (AvgIpc) is 2.66. The molecule has 2 aromatic carbocycles. The van der Waals surface area contributed by atoms with Gasteiger partial charge in [-0.2, -0.15) is 0 Å². The zero-order valence-electron chi connectivity index (χ0n) is 20.8. The fourth-order valence-corrected chi connectivity index (χ4v) is 4.64. The topological polar surface area (TPSA) is 86.8 Å². The molecule has 0 radical (unpaired) electrons. The van der Waals surface area contributed by atoms with Crippen LogP contribution < -0.4 is 9.62 Å². The smallest absolute Gasteiger partial charge is 0.244 e. The van der Waals surface area contributed by atoms with Crippen molar-refractivity contribution in [2.75, 3.05) is 17.1 Å². The van der Waals surface area contributed by atoms with Crippen molar-refractivity contribution in [3.63, 3.8) is 0 Å². The van der Waals surface area contributed by atoms with Crippen LogP contribution in [-0.2, 0) is 26.2 Å². The highest BCUT2D eigenvalue weighted by Crippen LogP contribution is 2.22. The number of hydrogen-bond acceptors (Lipinski definition) is 4. The first-order valence-electron chi connectivity index (χ1n) is 11.0. The van der Waals surface area contributed by atoms with Crippen LogP contribution in [0.5, 0.6) is 0 Å². The molecule has 0 aliphatic carbocycles. The van der Waals surface area contributed by atoms with E-state index >= 15 is 0 Å². The van der Waals surface area contributed by atoms with Crippen LogP contribution in [0.15, 0.2) is 42.5 Å². The van der Waals surface area contributed by atoms with Gasteiger partial charge in [0.05, 0.1) is 11.9 Å². The standard InChI is InChI=1S/C25H34ClN3O4S/c1-17-11-18(2)13-22(12-17)29(34(7,32)33)16-23(30)28(15-20-9-8-10-21(26)14-20)19(3)24(31)27-25(4,5)6/h8-14,19H,15-16H2,1-7H3,(H,27,31). The van der Waals surface area contributed by atoms with Crippen LogP contribution >= 0.6 is 11.6 Å². The van der Waals surface area contributed by atoms with E-state index in [1.807, 2.05) is 40.7 Å². The van der Waals surface area contributed by atoms with Crippen molar-refractivity contribution >= 4 is 39.1 Å². The van der Waals surface area contributed by atoms with Gasteiger partial charge in [-0.25, -0.2) is 8.42 Å². The molecule has 1 N–H and O–H groups in total. The maximum Gasteiger partial charge on any atom is 0.244 e. The normalized spacial score (nSPS) is 12.7. The number of benzene rings is 2. The molecule has 0 spiro atoms. The van der Waals surface area contributed by atoms with E-state index in [1.165, 1.54) is 4.90 Å². The number of nitrogens with zero attached hydrogens (tertiary/aromatic N) is 2. The van der Waals surface area contributed by atoms with Crippen LogP contribution in [0.1, 0.15) is 44.4 Å². The summed E-state index contributed by atoms with van der Waals surface area (Å²) in [5.41, 5.74) is 2.40. The molecule has 2 aromatic rings. The van der Waals surface area contributed by atoms with Gasteiger partial charge in [-0.15, -0.1) is 0 Å². The summed E-state index contributed by atoms with van der Waals surface area (Å²) in [7, 11) is -3.77. The third kappa shape index (κ3) is 8.02. The molecule has 0 aromatic heterocycles. The van der Waals surface area contributed by atoms with Gasteiger partial charge in [0.1, 0.15) is 12.6 Å². The highest BCUT2D eigenvalue weighted by Gasteiger charge is 2.31. The van der Waals surface area contributed by atoms with Crippen LogP contribution in [0.25, 0.3) is 0 Å². The molecule has 0 fully saturated rings. The molecule has 9 heteroatoms. The Kier molecular flexibility index (Phi) is 8.77. The van der Waals surface area contributed by atoms with E-state index in [-0.39, 0.29) is 12.5 Å². The number of sulfonamides is 1. The van der Waals surface area contributed by atoms with Gasteiger partial charge < -0.3 is 10.2 Å². The predicted molar refractivity (Wildman–Crippen MR) is 137 cm³/mol. The van der Waals surface area contributed by atoms with E-state index in [0.29, 0.717) is 10.7 Å². The van der Waals surface area contributed by atoms with Crippen molar-refractivity contribution < 1.29 is 18.0 Å². The van der Waals surface area contributed by atoms with Gasteiger partial charge >= 0.3 is 0 Å². The first kappa shape index (κ1) is 27.7. The number of hydrogen-bond donors (Lipinski definition) is 1. The second kappa shape index (κ2) is 10.8. The molecule has 34 heavy (non-hydrogen) atoms. The van der Waals surface area contributed by atoms with E-state index in [1.54, 1.807) is 43.3 Å². The molecule has 1 unspecified atom stereocenters. The van der Waals surface area contributed by atoms with Gasteiger partial charge in [0, 0.05) is 17.1 Å². The van der Waals surface area contributed by atoms with Gasteiger partial charge in [0.25, 0.3) is 0 Å². The summed E-state index contributed by atoms with van der Waals surface area (Å²) in [5.74, 6) is -0.832. The van der Waals surface area contributed by atoms with Crippen LogP contribution in [-0.4, -0.2) is 49.5 Å². The Balaban J connectivity index is 2.44. The van der Waals surface area contributed by atoms with Crippen molar-refractivity contribution in [2.45, 2.75) is 59.7 Å². The summed E-state index contributed by atoms with van der Waals surface area (Å²) in [5, 5.41) is 3.40. The van der Waals surface area contributed by atoms with E-state index in [2.05, 4.69) is 5.32 Å². The van der Waals surface area contributed by atoms with E-state index in [9.17, 15) is 18.0 Å². The summed E-state index contributed by atoms with van der Waals surface area (Å²) >= 11 is 6.12. The number of halogens is 1. The molecule has 0 aliphatic heterocycles. The lowest BCUT2D eigenvalue weighted by molar-refractivity contribution is -0.140. The molecule has 1 atom stereocenters. The first-order valence-corrected chi connectivity index (χ1v) is 13.2. The Morgan fingerprint density at radius 2 is 1.65 bits per heavy atom. The van der Waals surface area contributed by atoms with E-state index in [4.69, 9.17) is 11.6 Å². The maximum absolute atomic E-state index is 13.6. The maximum atomic E-state index is 13.6. The highest BCUT2D eigenvalue weighted by atomic mass is 35.5. The first-order chi connectivity index (χ1) is 15.6. The summed E-state index contributed by atoms with van der Waals surface area (Å²) in [4.78, 5) is 27.9.